The maximum atomic E-state index is 12.6. The van der Waals surface area contributed by atoms with Crippen LogP contribution in [0.2, 0.25) is 0 Å². The summed E-state index contributed by atoms with van der Waals surface area (Å²) in [6.07, 6.45) is -1.16. The van der Waals surface area contributed by atoms with Gasteiger partial charge in [0, 0.05) is 6.42 Å². The van der Waals surface area contributed by atoms with Gasteiger partial charge >= 0.3 is 0 Å². The number of amides is 2. The van der Waals surface area contributed by atoms with Gasteiger partial charge in [0.15, 0.2) is 0 Å². The molecule has 5 nitrogen and oxygen atoms in total. The van der Waals surface area contributed by atoms with E-state index in [4.69, 9.17) is 5.73 Å². The molecule has 1 atom stereocenters. The molecule has 1 rings (SSSR count). The molecule has 3 N–H and O–H groups in total. The number of hydrogen-bond acceptors (Lipinski definition) is 3. The van der Waals surface area contributed by atoms with E-state index in [2.05, 4.69) is 10.3 Å². The van der Waals surface area contributed by atoms with Crippen LogP contribution in [0.3, 0.4) is 0 Å². The Balaban J connectivity index is 2.62. The topological polar surface area (TPSA) is 84.5 Å². The van der Waals surface area contributed by atoms with E-state index < -0.39 is 18.0 Å². The van der Waals surface area contributed by atoms with Crippen LogP contribution in [-0.4, -0.2) is 30.4 Å². The van der Waals surface area contributed by atoms with Gasteiger partial charge in [0.05, 0.1) is 0 Å². The van der Waals surface area contributed by atoms with Crippen molar-refractivity contribution in [3.05, 3.63) is 0 Å². The van der Waals surface area contributed by atoms with Crippen LogP contribution >= 0.6 is 0 Å². The lowest BCUT2D eigenvalue weighted by atomic mass is 10.2. The van der Waals surface area contributed by atoms with Gasteiger partial charge in [-0.25, -0.2) is 4.39 Å². The highest BCUT2D eigenvalue weighted by Crippen LogP contribution is 2.03. The number of alkyl halides is 1. The minimum Gasteiger partial charge on any atom is -0.330 e. The first kappa shape index (κ1) is 9.79. The molecule has 0 aromatic carbocycles. The van der Waals surface area contributed by atoms with Crippen molar-refractivity contribution in [1.29, 1.82) is 0 Å². The molecule has 0 saturated carbocycles. The maximum Gasteiger partial charge on any atom is 0.291 e. The predicted octanol–water partition coefficient (Wildman–Crippen LogP) is -0.882. The van der Waals surface area contributed by atoms with Gasteiger partial charge < -0.3 is 11.1 Å². The normalized spacial score (nSPS) is 22.6. The summed E-state index contributed by atoms with van der Waals surface area (Å²) in [6, 6.07) is 0. The summed E-state index contributed by atoms with van der Waals surface area (Å²) in [4.78, 5) is 24.8. The van der Waals surface area contributed by atoms with Crippen LogP contribution in [0, 0.1) is 0 Å². The molecule has 0 aromatic heterocycles. The van der Waals surface area contributed by atoms with E-state index in [1.54, 1.807) is 0 Å². The van der Waals surface area contributed by atoms with Crippen LogP contribution in [-0.2, 0) is 9.59 Å². The van der Waals surface area contributed by atoms with Crippen LogP contribution < -0.4 is 11.1 Å². The van der Waals surface area contributed by atoms with E-state index in [1.165, 1.54) is 0 Å². The van der Waals surface area contributed by atoms with Crippen LogP contribution in [0.4, 0.5) is 4.39 Å². The van der Waals surface area contributed by atoms with E-state index in [0.29, 0.717) is 19.4 Å². The average molecular weight is 187 g/mol. The summed E-state index contributed by atoms with van der Waals surface area (Å²) >= 11 is 0. The Bertz CT molecular complexity index is 264. The molecule has 13 heavy (non-hydrogen) atoms. The second kappa shape index (κ2) is 4.08. The van der Waals surface area contributed by atoms with E-state index in [0.717, 1.165) is 0 Å². The molecular weight excluding hydrogens is 177 g/mol. The zero-order valence-corrected chi connectivity index (χ0v) is 6.92. The van der Waals surface area contributed by atoms with Crippen molar-refractivity contribution in [2.75, 3.05) is 6.54 Å². The summed E-state index contributed by atoms with van der Waals surface area (Å²) in [5.41, 5.74) is 5.22. The third kappa shape index (κ3) is 2.32. The van der Waals surface area contributed by atoms with E-state index >= 15 is 0 Å². The van der Waals surface area contributed by atoms with E-state index in [1.807, 2.05) is 0 Å². The van der Waals surface area contributed by atoms with Crippen molar-refractivity contribution in [2.45, 2.75) is 19.0 Å². The Morgan fingerprint density at radius 1 is 1.54 bits per heavy atom. The molecule has 1 heterocycles. The van der Waals surface area contributed by atoms with Gasteiger partial charge in [-0.15, -0.1) is 0 Å². The van der Waals surface area contributed by atoms with Crippen molar-refractivity contribution >= 4 is 17.6 Å². The molecule has 0 aliphatic carbocycles. The lowest BCUT2D eigenvalue weighted by Gasteiger charge is -2.14. The minimum atomic E-state index is -2.15. The van der Waals surface area contributed by atoms with Gasteiger partial charge in [0.1, 0.15) is 5.84 Å². The number of nitrogens with two attached hydrogens (primary N) is 1. The summed E-state index contributed by atoms with van der Waals surface area (Å²) in [7, 11) is 0. The van der Waals surface area contributed by atoms with Gasteiger partial charge in [-0.2, -0.15) is 4.99 Å². The Kier molecular flexibility index (Phi) is 3.07. The highest BCUT2D eigenvalue weighted by atomic mass is 19.1. The highest BCUT2D eigenvalue weighted by Gasteiger charge is 2.30. The Labute approximate surface area is 74.2 Å². The second-order valence-corrected chi connectivity index (χ2v) is 2.64. The van der Waals surface area contributed by atoms with Crippen LogP contribution in [0.5, 0.6) is 0 Å². The molecule has 1 aliphatic rings. The molecule has 0 spiro atoms. The summed E-state index contributed by atoms with van der Waals surface area (Å²) in [5.74, 6) is -1.77. The van der Waals surface area contributed by atoms with Crippen molar-refractivity contribution in [1.82, 2.24) is 5.32 Å². The number of nitrogens with zero attached hydrogens (tertiary/aromatic N) is 1. The first-order chi connectivity index (χ1) is 6.15. The van der Waals surface area contributed by atoms with Crippen molar-refractivity contribution < 1.29 is 14.0 Å². The standard InChI is InChI=1S/C7H10FN3O2/c8-5-6(12)10-4(2-1-3-9)11-7(5)13/h5H,1-3,9H2,(H,10,11,12,13). The predicted molar refractivity (Wildman–Crippen MR) is 43.8 cm³/mol. The number of rotatable bonds is 3. The molecular formula is C7H10FN3O2. The number of nitrogens with one attached hydrogen (secondary N) is 1. The van der Waals surface area contributed by atoms with Gasteiger partial charge in [-0.3, -0.25) is 9.59 Å². The Morgan fingerprint density at radius 2 is 2.23 bits per heavy atom. The summed E-state index contributed by atoms with van der Waals surface area (Å²) in [5, 5.41) is 2.19. The number of amidine groups is 1. The Morgan fingerprint density at radius 3 is 2.77 bits per heavy atom. The average Bonchev–Trinajstić information content (AvgIpc) is 2.10. The molecule has 6 heteroatoms. The third-order valence-electron chi connectivity index (χ3n) is 1.58. The number of aliphatic imine (C=N–C) groups is 1. The second-order valence-electron chi connectivity index (χ2n) is 2.64. The smallest absolute Gasteiger partial charge is 0.291 e. The number of carbonyl (C=O) groups excluding carboxylic acids is 2. The number of carbonyl (C=O) groups is 2. The SMILES string of the molecule is NCCCC1=NC(=O)C(F)C(=O)N1. The first-order valence-electron chi connectivity index (χ1n) is 3.91. The summed E-state index contributed by atoms with van der Waals surface area (Å²) in [6.45, 7) is 0.433. The Hall–Kier alpha value is -1.30. The fraction of sp³-hybridized carbons (Fsp3) is 0.571. The third-order valence-corrected chi connectivity index (χ3v) is 1.58. The van der Waals surface area contributed by atoms with E-state index in [9.17, 15) is 14.0 Å². The maximum absolute atomic E-state index is 12.6. The van der Waals surface area contributed by atoms with Crippen molar-refractivity contribution in [2.24, 2.45) is 10.7 Å². The molecule has 0 saturated heterocycles. The molecule has 0 radical (unpaired) electrons. The van der Waals surface area contributed by atoms with Gasteiger partial charge in [0.2, 0.25) is 0 Å². The van der Waals surface area contributed by atoms with Crippen LogP contribution in [0.1, 0.15) is 12.8 Å². The summed E-state index contributed by atoms with van der Waals surface area (Å²) < 4.78 is 12.6. The molecule has 0 aromatic rings. The minimum absolute atomic E-state index is 0.203. The monoisotopic (exact) mass is 187 g/mol. The lowest BCUT2D eigenvalue weighted by Crippen LogP contribution is -2.45. The van der Waals surface area contributed by atoms with Crippen molar-refractivity contribution in [3.8, 4) is 0 Å². The largest absolute Gasteiger partial charge is 0.330 e. The van der Waals surface area contributed by atoms with Crippen LogP contribution in [0.15, 0.2) is 4.99 Å². The molecule has 0 bridgehead atoms. The number of hydrogen-bond donors (Lipinski definition) is 2. The molecule has 72 valence electrons. The van der Waals surface area contributed by atoms with Gasteiger partial charge in [0.25, 0.3) is 18.0 Å². The van der Waals surface area contributed by atoms with Gasteiger partial charge in [-0.05, 0) is 13.0 Å². The van der Waals surface area contributed by atoms with Gasteiger partial charge in [-0.1, -0.05) is 0 Å². The number of halogens is 1. The van der Waals surface area contributed by atoms with Crippen molar-refractivity contribution in [3.63, 3.8) is 0 Å². The quantitative estimate of drug-likeness (QED) is 0.562. The molecule has 1 unspecified atom stereocenters. The fourth-order valence-electron chi connectivity index (χ4n) is 0.923. The van der Waals surface area contributed by atoms with Crippen LogP contribution in [0.25, 0.3) is 0 Å². The fourth-order valence-corrected chi connectivity index (χ4v) is 0.923. The lowest BCUT2D eigenvalue weighted by molar-refractivity contribution is -0.134. The first-order valence-corrected chi connectivity index (χ1v) is 3.91. The molecule has 0 fully saturated rings. The molecule has 1 aliphatic heterocycles. The van der Waals surface area contributed by atoms with E-state index in [-0.39, 0.29) is 5.84 Å². The zero-order chi connectivity index (χ0) is 9.84. The zero-order valence-electron chi connectivity index (χ0n) is 6.92. The molecule has 2 amide bonds. The highest BCUT2D eigenvalue weighted by molar-refractivity contribution is 6.17.